The van der Waals surface area contributed by atoms with E-state index in [1.165, 1.54) is 12.1 Å². The molecule has 6 rings (SSSR count). The SMILES string of the molecule is Cc1cc(C)c2cc([C@H](c3nnnn3C[C@H]3CCCO3)N3CCN(c4ccc(F)cc4)CC3)c(=O)[nH]c2c1. The highest BCUT2D eigenvalue weighted by molar-refractivity contribution is 5.83. The summed E-state index contributed by atoms with van der Waals surface area (Å²) in [7, 11) is 0. The average molecular weight is 518 g/mol. The van der Waals surface area contributed by atoms with Gasteiger partial charge in [0.15, 0.2) is 5.82 Å². The van der Waals surface area contributed by atoms with E-state index in [9.17, 15) is 9.18 Å². The molecule has 0 unspecified atom stereocenters. The van der Waals surface area contributed by atoms with E-state index in [1.54, 1.807) is 4.68 Å². The first-order valence-corrected chi connectivity index (χ1v) is 13.2. The van der Waals surface area contributed by atoms with Crippen LogP contribution in [0, 0.1) is 19.7 Å². The Morgan fingerprint density at radius 3 is 2.63 bits per heavy atom. The van der Waals surface area contributed by atoms with E-state index >= 15 is 0 Å². The van der Waals surface area contributed by atoms with Crippen molar-refractivity contribution in [3.8, 4) is 0 Å². The molecule has 0 aliphatic carbocycles. The zero-order chi connectivity index (χ0) is 26.2. The number of piperazine rings is 1. The molecule has 2 aromatic heterocycles. The number of benzene rings is 2. The quantitative estimate of drug-likeness (QED) is 0.419. The van der Waals surface area contributed by atoms with Crippen LogP contribution in [0.1, 0.15) is 41.4 Å². The minimum Gasteiger partial charge on any atom is -0.376 e. The van der Waals surface area contributed by atoms with E-state index in [0.717, 1.165) is 60.3 Å². The maximum atomic E-state index is 13.6. The number of pyridine rings is 1. The van der Waals surface area contributed by atoms with Gasteiger partial charge in [-0.3, -0.25) is 9.69 Å². The Morgan fingerprint density at radius 2 is 1.89 bits per heavy atom. The molecule has 2 aromatic carbocycles. The zero-order valence-corrected chi connectivity index (χ0v) is 21.7. The molecule has 0 bridgehead atoms. The lowest BCUT2D eigenvalue weighted by Gasteiger charge is -2.39. The van der Waals surface area contributed by atoms with Crippen LogP contribution in [0.2, 0.25) is 0 Å². The van der Waals surface area contributed by atoms with Gasteiger partial charge < -0.3 is 14.6 Å². The van der Waals surface area contributed by atoms with E-state index in [4.69, 9.17) is 4.74 Å². The molecule has 10 heteroatoms. The number of tetrazole rings is 1. The molecule has 4 aromatic rings. The largest absolute Gasteiger partial charge is 0.376 e. The number of aromatic nitrogens is 5. The Balaban J connectivity index is 1.38. The minimum absolute atomic E-state index is 0.0633. The molecule has 9 nitrogen and oxygen atoms in total. The first kappa shape index (κ1) is 24.7. The summed E-state index contributed by atoms with van der Waals surface area (Å²) in [6, 6.07) is 12.3. The fourth-order valence-corrected chi connectivity index (χ4v) is 5.80. The van der Waals surface area contributed by atoms with Gasteiger partial charge in [-0.2, -0.15) is 0 Å². The number of anilines is 1. The Morgan fingerprint density at radius 1 is 1.11 bits per heavy atom. The second kappa shape index (κ2) is 10.3. The number of aryl methyl sites for hydroxylation is 2. The minimum atomic E-state index is -0.421. The molecule has 1 N–H and O–H groups in total. The third-order valence-electron chi connectivity index (χ3n) is 7.71. The molecule has 0 amide bonds. The van der Waals surface area contributed by atoms with Crippen molar-refractivity contribution in [2.45, 2.75) is 45.4 Å². The topological polar surface area (TPSA) is 92.2 Å². The van der Waals surface area contributed by atoms with Gasteiger partial charge in [0.25, 0.3) is 5.56 Å². The van der Waals surface area contributed by atoms with Crippen LogP contribution in [0.5, 0.6) is 0 Å². The van der Waals surface area contributed by atoms with Gasteiger partial charge in [0, 0.05) is 54.9 Å². The van der Waals surface area contributed by atoms with Crippen LogP contribution >= 0.6 is 0 Å². The Bertz CT molecular complexity index is 1490. The fraction of sp³-hybridized carbons (Fsp3) is 0.429. The molecule has 0 spiro atoms. The summed E-state index contributed by atoms with van der Waals surface area (Å²) in [6.07, 6.45) is 2.06. The number of halogens is 1. The van der Waals surface area contributed by atoms with Crippen molar-refractivity contribution < 1.29 is 9.13 Å². The van der Waals surface area contributed by atoms with Gasteiger partial charge in [-0.15, -0.1) is 5.10 Å². The monoisotopic (exact) mass is 517 g/mol. The number of nitrogens with zero attached hydrogens (tertiary/aromatic N) is 6. The Labute approximate surface area is 220 Å². The second-order valence-electron chi connectivity index (χ2n) is 10.4. The average Bonchev–Trinajstić information content (AvgIpc) is 3.59. The number of hydrogen-bond acceptors (Lipinski definition) is 7. The lowest BCUT2D eigenvalue weighted by Crippen LogP contribution is -2.49. The van der Waals surface area contributed by atoms with Crippen LogP contribution in [0.3, 0.4) is 0 Å². The van der Waals surface area contributed by atoms with Gasteiger partial charge in [-0.05, 0) is 84.6 Å². The number of aromatic amines is 1. The lowest BCUT2D eigenvalue weighted by molar-refractivity contribution is 0.0906. The summed E-state index contributed by atoms with van der Waals surface area (Å²) in [6.45, 7) is 8.26. The molecule has 4 heterocycles. The highest BCUT2D eigenvalue weighted by atomic mass is 19.1. The van der Waals surface area contributed by atoms with Gasteiger partial charge in [-0.1, -0.05) is 6.07 Å². The number of H-pyrrole nitrogens is 1. The normalized spacial score (nSPS) is 19.3. The lowest BCUT2D eigenvalue weighted by atomic mass is 9.99. The van der Waals surface area contributed by atoms with Gasteiger partial charge in [0.1, 0.15) is 11.9 Å². The Kier molecular flexibility index (Phi) is 6.67. The van der Waals surface area contributed by atoms with Crippen molar-refractivity contribution in [1.29, 1.82) is 0 Å². The summed E-state index contributed by atoms with van der Waals surface area (Å²) in [5.41, 5.74) is 4.52. The molecule has 0 saturated carbocycles. The zero-order valence-electron chi connectivity index (χ0n) is 21.7. The summed E-state index contributed by atoms with van der Waals surface area (Å²) >= 11 is 0. The number of fused-ring (bicyclic) bond motifs is 1. The molecule has 2 aliphatic heterocycles. The maximum absolute atomic E-state index is 13.6. The fourth-order valence-electron chi connectivity index (χ4n) is 5.80. The summed E-state index contributed by atoms with van der Waals surface area (Å²) in [4.78, 5) is 21.2. The van der Waals surface area contributed by atoms with Crippen molar-refractivity contribution in [3.63, 3.8) is 0 Å². The number of ether oxygens (including phenoxy) is 1. The highest BCUT2D eigenvalue weighted by Gasteiger charge is 2.33. The standard InChI is InChI=1S/C28H32FN7O2/c1-18-14-19(2)23-16-24(28(37)30-25(23)15-18)26(27-31-32-33-36(27)17-22-4-3-13-38-22)35-11-9-34(10-12-35)21-7-5-20(29)6-8-21/h5-8,14-16,22,26H,3-4,9-13,17H2,1-2H3,(H,30,37)/t22-,26-/m1/s1. The first-order chi connectivity index (χ1) is 18.5. The van der Waals surface area contributed by atoms with E-state index in [1.807, 2.05) is 31.2 Å². The van der Waals surface area contributed by atoms with Crippen LogP contribution in [0.4, 0.5) is 10.1 Å². The first-order valence-electron chi connectivity index (χ1n) is 13.2. The van der Waals surface area contributed by atoms with Gasteiger partial charge in [0.2, 0.25) is 0 Å². The van der Waals surface area contributed by atoms with E-state index in [0.29, 0.717) is 31.0 Å². The molecule has 2 aliphatic rings. The van der Waals surface area contributed by atoms with Crippen LogP contribution in [-0.2, 0) is 11.3 Å². The van der Waals surface area contributed by atoms with Crippen LogP contribution in [0.15, 0.2) is 47.3 Å². The summed E-state index contributed by atoms with van der Waals surface area (Å²) in [5, 5.41) is 13.8. The van der Waals surface area contributed by atoms with Crippen LogP contribution in [0.25, 0.3) is 10.9 Å². The van der Waals surface area contributed by atoms with Gasteiger partial charge >= 0.3 is 0 Å². The second-order valence-corrected chi connectivity index (χ2v) is 10.4. The Hall–Kier alpha value is -3.63. The molecular weight excluding hydrogens is 485 g/mol. The predicted molar refractivity (Wildman–Crippen MR) is 143 cm³/mol. The van der Waals surface area contributed by atoms with E-state index < -0.39 is 6.04 Å². The molecular formula is C28H32FN7O2. The number of nitrogens with one attached hydrogen (secondary N) is 1. The van der Waals surface area contributed by atoms with Gasteiger partial charge in [0.05, 0.1) is 12.6 Å². The number of hydrogen-bond donors (Lipinski definition) is 1. The summed E-state index contributed by atoms with van der Waals surface area (Å²) in [5.74, 6) is 0.400. The molecule has 0 radical (unpaired) electrons. The third-order valence-corrected chi connectivity index (χ3v) is 7.71. The van der Waals surface area contributed by atoms with Crippen LogP contribution in [-0.4, -0.2) is 69.0 Å². The summed E-state index contributed by atoms with van der Waals surface area (Å²) < 4.78 is 21.1. The van der Waals surface area contributed by atoms with E-state index in [-0.39, 0.29) is 17.5 Å². The molecule has 2 atom stereocenters. The molecule has 2 saturated heterocycles. The maximum Gasteiger partial charge on any atom is 0.253 e. The molecule has 2 fully saturated rings. The predicted octanol–water partition coefficient (Wildman–Crippen LogP) is 3.36. The van der Waals surface area contributed by atoms with Crippen molar-refractivity contribution in [1.82, 2.24) is 30.1 Å². The van der Waals surface area contributed by atoms with Crippen molar-refractivity contribution in [2.24, 2.45) is 0 Å². The highest BCUT2D eigenvalue weighted by Crippen LogP contribution is 2.30. The van der Waals surface area contributed by atoms with Crippen molar-refractivity contribution in [2.75, 3.05) is 37.7 Å². The third kappa shape index (κ3) is 4.81. The molecule has 198 valence electrons. The molecule has 38 heavy (non-hydrogen) atoms. The van der Waals surface area contributed by atoms with Crippen LogP contribution < -0.4 is 10.5 Å². The van der Waals surface area contributed by atoms with Crippen molar-refractivity contribution in [3.05, 3.63) is 81.2 Å². The van der Waals surface area contributed by atoms with Crippen molar-refractivity contribution >= 4 is 16.6 Å². The number of rotatable bonds is 6. The van der Waals surface area contributed by atoms with Gasteiger partial charge in [-0.25, -0.2) is 9.07 Å². The van der Waals surface area contributed by atoms with E-state index in [2.05, 4.69) is 43.3 Å². The smallest absolute Gasteiger partial charge is 0.253 e.